The molecule has 21 heavy (non-hydrogen) atoms. The van der Waals surface area contributed by atoms with Gasteiger partial charge in [0.2, 0.25) is 0 Å². The molecule has 0 aliphatic heterocycles. The number of fused-ring (bicyclic) bond motifs is 1. The molecule has 1 aromatic heterocycles. The zero-order chi connectivity index (χ0) is 15.0. The molecule has 0 aliphatic carbocycles. The number of pyridine rings is 1. The molecular formula is C17H12FNO2. The van der Waals surface area contributed by atoms with E-state index in [0.29, 0.717) is 22.2 Å². The molecule has 0 atom stereocenters. The molecular weight excluding hydrogens is 269 g/mol. The molecule has 3 nitrogen and oxygen atoms in total. The number of carboxylic acids is 1. The van der Waals surface area contributed by atoms with Crippen LogP contribution in [0.1, 0.15) is 15.9 Å². The molecule has 4 heteroatoms. The zero-order valence-electron chi connectivity index (χ0n) is 11.3. The van der Waals surface area contributed by atoms with Crippen molar-refractivity contribution in [3.63, 3.8) is 0 Å². The van der Waals surface area contributed by atoms with Crippen molar-refractivity contribution in [2.75, 3.05) is 0 Å². The van der Waals surface area contributed by atoms with Gasteiger partial charge in [0, 0.05) is 10.9 Å². The molecule has 0 aliphatic rings. The third-order valence-corrected chi connectivity index (χ3v) is 3.33. The zero-order valence-corrected chi connectivity index (χ0v) is 11.3. The molecule has 0 bridgehead atoms. The summed E-state index contributed by atoms with van der Waals surface area (Å²) in [7, 11) is 0. The molecule has 104 valence electrons. The summed E-state index contributed by atoms with van der Waals surface area (Å²) in [5.74, 6) is -1.34. The van der Waals surface area contributed by atoms with Gasteiger partial charge in [0.25, 0.3) is 0 Å². The number of aromatic carboxylic acids is 1. The van der Waals surface area contributed by atoms with E-state index in [1.54, 1.807) is 24.3 Å². The van der Waals surface area contributed by atoms with E-state index in [0.717, 1.165) is 5.56 Å². The van der Waals surface area contributed by atoms with Gasteiger partial charge in [0.05, 0.1) is 16.8 Å². The van der Waals surface area contributed by atoms with Crippen LogP contribution in [0.25, 0.3) is 22.2 Å². The topological polar surface area (TPSA) is 50.2 Å². The Morgan fingerprint density at radius 1 is 1.10 bits per heavy atom. The largest absolute Gasteiger partial charge is 0.478 e. The van der Waals surface area contributed by atoms with Gasteiger partial charge in [-0.2, -0.15) is 0 Å². The van der Waals surface area contributed by atoms with E-state index in [9.17, 15) is 14.3 Å². The number of nitrogens with zero attached hydrogens (tertiary/aromatic N) is 1. The van der Waals surface area contributed by atoms with Gasteiger partial charge in [-0.05, 0) is 49.4 Å². The fourth-order valence-electron chi connectivity index (χ4n) is 2.29. The van der Waals surface area contributed by atoms with Gasteiger partial charge in [-0.25, -0.2) is 14.2 Å². The summed E-state index contributed by atoms with van der Waals surface area (Å²) in [5, 5.41) is 10.0. The van der Waals surface area contributed by atoms with Crippen molar-refractivity contribution in [2.24, 2.45) is 0 Å². The lowest BCUT2D eigenvalue weighted by molar-refractivity contribution is 0.0699. The van der Waals surface area contributed by atoms with E-state index in [-0.39, 0.29) is 11.4 Å². The van der Waals surface area contributed by atoms with Gasteiger partial charge in [0.1, 0.15) is 5.82 Å². The third kappa shape index (κ3) is 2.48. The molecule has 0 saturated carbocycles. The van der Waals surface area contributed by atoms with Gasteiger partial charge < -0.3 is 5.11 Å². The van der Waals surface area contributed by atoms with E-state index in [1.807, 2.05) is 13.0 Å². The van der Waals surface area contributed by atoms with Gasteiger partial charge in [-0.3, -0.25) is 0 Å². The summed E-state index contributed by atoms with van der Waals surface area (Å²) in [4.78, 5) is 15.9. The van der Waals surface area contributed by atoms with Crippen molar-refractivity contribution in [3.8, 4) is 11.3 Å². The molecule has 0 amide bonds. The van der Waals surface area contributed by atoms with Crippen molar-refractivity contribution in [2.45, 2.75) is 6.92 Å². The van der Waals surface area contributed by atoms with E-state index in [1.165, 1.54) is 18.2 Å². The number of hydrogen-bond acceptors (Lipinski definition) is 2. The Labute approximate surface area is 120 Å². The Balaban J connectivity index is 2.28. The maximum absolute atomic E-state index is 13.0. The van der Waals surface area contributed by atoms with Crippen LogP contribution in [0.5, 0.6) is 0 Å². The number of carboxylic acid groups (broad SMARTS) is 1. The first-order chi connectivity index (χ1) is 10.0. The number of hydrogen-bond donors (Lipinski definition) is 1. The predicted octanol–water partition coefficient (Wildman–Crippen LogP) is 4.05. The predicted molar refractivity (Wildman–Crippen MR) is 78.8 cm³/mol. The third-order valence-electron chi connectivity index (χ3n) is 3.33. The first-order valence-electron chi connectivity index (χ1n) is 6.45. The summed E-state index contributed by atoms with van der Waals surface area (Å²) in [6.45, 7) is 1.90. The molecule has 0 fully saturated rings. The summed E-state index contributed by atoms with van der Waals surface area (Å²) >= 11 is 0. The number of aromatic nitrogens is 1. The van der Waals surface area contributed by atoms with Crippen LogP contribution < -0.4 is 0 Å². The average Bonchev–Trinajstić information content (AvgIpc) is 2.46. The SMILES string of the molecule is Cc1ccc2nc(-c3ccc(F)cc3)cc(C(=O)O)c2c1. The van der Waals surface area contributed by atoms with Gasteiger partial charge in [-0.1, -0.05) is 11.6 Å². The number of benzene rings is 2. The van der Waals surface area contributed by atoms with Crippen LogP contribution in [0.4, 0.5) is 4.39 Å². The second kappa shape index (κ2) is 4.98. The fraction of sp³-hybridized carbons (Fsp3) is 0.0588. The van der Waals surface area contributed by atoms with E-state index in [2.05, 4.69) is 4.98 Å². The van der Waals surface area contributed by atoms with Crippen molar-refractivity contribution in [3.05, 3.63) is 65.5 Å². The number of aryl methyl sites for hydroxylation is 1. The van der Waals surface area contributed by atoms with E-state index in [4.69, 9.17) is 0 Å². The van der Waals surface area contributed by atoms with Crippen molar-refractivity contribution in [1.29, 1.82) is 0 Å². The highest BCUT2D eigenvalue weighted by Crippen LogP contribution is 2.25. The normalized spacial score (nSPS) is 10.8. The first-order valence-corrected chi connectivity index (χ1v) is 6.45. The Bertz CT molecular complexity index is 841. The van der Waals surface area contributed by atoms with E-state index >= 15 is 0 Å². The van der Waals surface area contributed by atoms with Crippen LogP contribution in [-0.2, 0) is 0 Å². The highest BCUT2D eigenvalue weighted by molar-refractivity contribution is 6.03. The monoisotopic (exact) mass is 281 g/mol. The number of rotatable bonds is 2. The minimum Gasteiger partial charge on any atom is -0.478 e. The van der Waals surface area contributed by atoms with Gasteiger partial charge in [-0.15, -0.1) is 0 Å². The molecule has 3 aromatic rings. The van der Waals surface area contributed by atoms with Crippen LogP contribution in [0.3, 0.4) is 0 Å². The minimum atomic E-state index is -1.00. The number of halogens is 1. The first kappa shape index (κ1) is 13.2. The molecule has 3 rings (SSSR count). The maximum Gasteiger partial charge on any atom is 0.336 e. The molecule has 0 radical (unpaired) electrons. The lowest BCUT2D eigenvalue weighted by Crippen LogP contribution is -2.00. The van der Waals surface area contributed by atoms with Crippen LogP contribution in [-0.4, -0.2) is 16.1 Å². The minimum absolute atomic E-state index is 0.197. The summed E-state index contributed by atoms with van der Waals surface area (Å²) in [6.07, 6.45) is 0. The lowest BCUT2D eigenvalue weighted by Gasteiger charge is -2.08. The second-order valence-corrected chi connectivity index (χ2v) is 4.89. The summed E-state index contributed by atoms with van der Waals surface area (Å²) in [5.41, 5.74) is 2.98. The lowest BCUT2D eigenvalue weighted by atomic mass is 10.0. The molecule has 1 N–H and O–H groups in total. The maximum atomic E-state index is 13.0. The molecule has 1 heterocycles. The van der Waals surface area contributed by atoms with E-state index < -0.39 is 5.97 Å². The van der Waals surface area contributed by atoms with Crippen LogP contribution >= 0.6 is 0 Å². The fourth-order valence-corrected chi connectivity index (χ4v) is 2.29. The van der Waals surface area contributed by atoms with Crippen LogP contribution in [0.2, 0.25) is 0 Å². The Morgan fingerprint density at radius 2 is 1.81 bits per heavy atom. The van der Waals surface area contributed by atoms with Crippen molar-refractivity contribution < 1.29 is 14.3 Å². The highest BCUT2D eigenvalue weighted by atomic mass is 19.1. The average molecular weight is 281 g/mol. The van der Waals surface area contributed by atoms with Crippen molar-refractivity contribution in [1.82, 2.24) is 4.98 Å². The molecule has 0 saturated heterocycles. The van der Waals surface area contributed by atoms with Crippen LogP contribution in [0.15, 0.2) is 48.5 Å². The smallest absolute Gasteiger partial charge is 0.336 e. The summed E-state index contributed by atoms with van der Waals surface area (Å²) < 4.78 is 13.0. The van der Waals surface area contributed by atoms with Gasteiger partial charge >= 0.3 is 5.97 Å². The molecule has 0 spiro atoms. The Hall–Kier alpha value is -2.75. The van der Waals surface area contributed by atoms with Crippen LogP contribution in [0, 0.1) is 12.7 Å². The standard InChI is InChI=1S/C17H12FNO2/c1-10-2-7-15-13(8-10)14(17(20)21)9-16(19-15)11-3-5-12(18)6-4-11/h2-9H,1H3,(H,20,21). The Morgan fingerprint density at radius 3 is 2.48 bits per heavy atom. The number of carbonyl (C=O) groups is 1. The van der Waals surface area contributed by atoms with Gasteiger partial charge in [0.15, 0.2) is 0 Å². The van der Waals surface area contributed by atoms with Crippen molar-refractivity contribution >= 4 is 16.9 Å². The Kier molecular flexibility index (Phi) is 3.14. The molecule has 0 unspecified atom stereocenters. The second-order valence-electron chi connectivity index (χ2n) is 4.89. The highest BCUT2D eigenvalue weighted by Gasteiger charge is 2.13. The molecule has 2 aromatic carbocycles. The summed E-state index contributed by atoms with van der Waals surface area (Å²) in [6, 6.07) is 12.8. The quantitative estimate of drug-likeness (QED) is 0.771.